The fourth-order valence-electron chi connectivity index (χ4n) is 2.50. The Bertz CT molecular complexity index is 341. The molecule has 1 aromatic heterocycles. The summed E-state index contributed by atoms with van der Waals surface area (Å²) in [6.07, 6.45) is 4.23. The van der Waals surface area contributed by atoms with E-state index in [-0.39, 0.29) is 5.54 Å². The highest BCUT2D eigenvalue weighted by molar-refractivity contribution is 5.54. The first kappa shape index (κ1) is 7.38. The second-order valence-corrected chi connectivity index (χ2v) is 4.60. The molecule has 3 rings (SSSR count). The van der Waals surface area contributed by atoms with Crippen LogP contribution in [0.2, 0.25) is 0 Å². The van der Waals surface area contributed by atoms with Crippen molar-refractivity contribution in [3.05, 3.63) is 11.9 Å². The van der Waals surface area contributed by atoms with Crippen molar-refractivity contribution >= 4 is 5.69 Å². The van der Waals surface area contributed by atoms with Gasteiger partial charge in [-0.15, -0.1) is 0 Å². The highest BCUT2D eigenvalue weighted by Crippen LogP contribution is 2.38. The maximum absolute atomic E-state index is 4.26. The van der Waals surface area contributed by atoms with E-state index in [9.17, 15) is 0 Å². The summed E-state index contributed by atoms with van der Waals surface area (Å²) in [7, 11) is 0. The van der Waals surface area contributed by atoms with Crippen LogP contribution in [0, 0.1) is 0 Å². The fraction of sp³-hybridized carbons (Fsp3) is 0.667. The minimum atomic E-state index is 0.222. The standard InChI is InChI=1S/C9H14N4/c1-9(2)4-6-3-7-8(5-10-11-7)13(9)12-6/h5-6,12H,3-4H2,1-2H3,(H,10,11). The molecule has 0 radical (unpaired) electrons. The lowest BCUT2D eigenvalue weighted by atomic mass is 9.98. The molecule has 1 unspecified atom stereocenters. The number of aromatic amines is 1. The van der Waals surface area contributed by atoms with Crippen molar-refractivity contribution in [3.8, 4) is 0 Å². The molecule has 4 heteroatoms. The number of nitrogens with zero attached hydrogens (tertiary/aromatic N) is 2. The molecule has 70 valence electrons. The summed E-state index contributed by atoms with van der Waals surface area (Å²) in [5.74, 6) is 0. The van der Waals surface area contributed by atoms with E-state index in [1.54, 1.807) is 0 Å². The quantitative estimate of drug-likeness (QED) is 0.618. The zero-order valence-corrected chi connectivity index (χ0v) is 7.96. The van der Waals surface area contributed by atoms with E-state index in [1.165, 1.54) is 17.8 Å². The van der Waals surface area contributed by atoms with Crippen LogP contribution in [0.25, 0.3) is 0 Å². The van der Waals surface area contributed by atoms with E-state index in [0.717, 1.165) is 6.42 Å². The maximum atomic E-state index is 4.26. The van der Waals surface area contributed by atoms with E-state index in [2.05, 4.69) is 34.5 Å². The SMILES string of the molecule is CC1(C)CC2Cc3n[nH]cc3N1N2. The van der Waals surface area contributed by atoms with E-state index in [4.69, 9.17) is 0 Å². The molecular weight excluding hydrogens is 164 g/mol. The number of anilines is 1. The van der Waals surface area contributed by atoms with Gasteiger partial charge in [-0.25, -0.2) is 5.43 Å². The molecule has 4 nitrogen and oxygen atoms in total. The highest BCUT2D eigenvalue weighted by atomic mass is 15.6. The summed E-state index contributed by atoms with van der Waals surface area (Å²) in [6.45, 7) is 4.53. The van der Waals surface area contributed by atoms with Crippen LogP contribution >= 0.6 is 0 Å². The Morgan fingerprint density at radius 1 is 1.62 bits per heavy atom. The third-order valence-corrected chi connectivity index (χ3v) is 3.04. The Morgan fingerprint density at radius 3 is 3.31 bits per heavy atom. The molecule has 1 aromatic rings. The van der Waals surface area contributed by atoms with Gasteiger partial charge in [-0.1, -0.05) is 0 Å². The number of hydrazine groups is 1. The zero-order valence-electron chi connectivity index (χ0n) is 7.96. The largest absolute Gasteiger partial charge is 0.299 e. The molecule has 0 aromatic carbocycles. The molecule has 13 heavy (non-hydrogen) atoms. The normalized spacial score (nSPS) is 29.1. The van der Waals surface area contributed by atoms with Crippen LogP contribution in [0.4, 0.5) is 5.69 Å². The van der Waals surface area contributed by atoms with E-state index >= 15 is 0 Å². The average Bonchev–Trinajstić information content (AvgIpc) is 2.56. The Balaban J connectivity index is 2.12. The summed E-state index contributed by atoms with van der Waals surface area (Å²) in [4.78, 5) is 0. The monoisotopic (exact) mass is 178 g/mol. The van der Waals surface area contributed by atoms with Gasteiger partial charge in [0.25, 0.3) is 0 Å². The number of H-pyrrole nitrogens is 1. The van der Waals surface area contributed by atoms with Crippen LogP contribution in [-0.4, -0.2) is 21.8 Å². The number of aromatic nitrogens is 2. The van der Waals surface area contributed by atoms with Gasteiger partial charge in [0.15, 0.2) is 0 Å². The van der Waals surface area contributed by atoms with Crippen LogP contribution in [0.1, 0.15) is 26.0 Å². The van der Waals surface area contributed by atoms with Crippen LogP contribution in [0.15, 0.2) is 6.20 Å². The Hall–Kier alpha value is -1.03. The van der Waals surface area contributed by atoms with Gasteiger partial charge < -0.3 is 0 Å². The summed E-state index contributed by atoms with van der Waals surface area (Å²) in [5.41, 5.74) is 6.14. The minimum Gasteiger partial charge on any atom is -0.299 e. The first-order valence-corrected chi connectivity index (χ1v) is 4.76. The predicted molar refractivity (Wildman–Crippen MR) is 50.4 cm³/mol. The Morgan fingerprint density at radius 2 is 2.46 bits per heavy atom. The number of hydrogen-bond donors (Lipinski definition) is 2. The molecule has 0 spiro atoms. The molecular formula is C9H14N4. The molecule has 0 amide bonds. The Kier molecular flexibility index (Phi) is 1.17. The van der Waals surface area contributed by atoms with Gasteiger partial charge in [-0.2, -0.15) is 5.10 Å². The van der Waals surface area contributed by atoms with Crippen molar-refractivity contribution in [2.24, 2.45) is 0 Å². The highest BCUT2D eigenvalue weighted by Gasteiger charge is 2.43. The number of hydrogen-bond acceptors (Lipinski definition) is 3. The molecule has 2 N–H and O–H groups in total. The summed E-state index contributed by atoms with van der Waals surface area (Å²) in [6, 6.07) is 0.575. The molecule has 2 aliphatic heterocycles. The molecule has 1 fully saturated rings. The molecule has 2 aliphatic rings. The first-order valence-electron chi connectivity index (χ1n) is 4.76. The second-order valence-electron chi connectivity index (χ2n) is 4.60. The molecule has 1 saturated heterocycles. The minimum absolute atomic E-state index is 0.222. The summed E-state index contributed by atoms with van der Waals surface area (Å²) < 4.78 is 0. The van der Waals surface area contributed by atoms with Crippen molar-refractivity contribution < 1.29 is 0 Å². The van der Waals surface area contributed by atoms with E-state index in [1.807, 2.05) is 6.20 Å². The van der Waals surface area contributed by atoms with Gasteiger partial charge in [-0.05, 0) is 20.3 Å². The van der Waals surface area contributed by atoms with E-state index in [0.29, 0.717) is 6.04 Å². The molecule has 3 heterocycles. The van der Waals surface area contributed by atoms with Gasteiger partial charge >= 0.3 is 0 Å². The molecule has 1 atom stereocenters. The number of rotatable bonds is 0. The number of nitrogens with one attached hydrogen (secondary N) is 2. The second kappa shape index (κ2) is 2.07. The third-order valence-electron chi connectivity index (χ3n) is 3.04. The summed E-state index contributed by atoms with van der Waals surface area (Å²) >= 11 is 0. The van der Waals surface area contributed by atoms with Gasteiger partial charge in [0.05, 0.1) is 16.9 Å². The van der Waals surface area contributed by atoms with Crippen molar-refractivity contribution in [1.29, 1.82) is 0 Å². The fourth-order valence-corrected chi connectivity index (χ4v) is 2.50. The van der Waals surface area contributed by atoms with E-state index < -0.39 is 0 Å². The predicted octanol–water partition coefficient (Wildman–Crippen LogP) is 0.828. The van der Waals surface area contributed by atoms with Crippen molar-refractivity contribution in [1.82, 2.24) is 15.6 Å². The maximum Gasteiger partial charge on any atom is 0.0936 e. The Labute approximate surface area is 77.3 Å². The smallest absolute Gasteiger partial charge is 0.0936 e. The summed E-state index contributed by atoms with van der Waals surface area (Å²) in [5, 5.41) is 9.44. The van der Waals surface area contributed by atoms with Crippen LogP contribution in [0.3, 0.4) is 0 Å². The van der Waals surface area contributed by atoms with Gasteiger partial charge in [0.2, 0.25) is 0 Å². The third kappa shape index (κ3) is 0.864. The van der Waals surface area contributed by atoms with Crippen molar-refractivity contribution in [3.63, 3.8) is 0 Å². The molecule has 0 saturated carbocycles. The van der Waals surface area contributed by atoms with Crippen molar-refractivity contribution in [2.75, 3.05) is 5.01 Å². The van der Waals surface area contributed by atoms with Crippen LogP contribution < -0.4 is 10.4 Å². The van der Waals surface area contributed by atoms with Crippen LogP contribution in [0.5, 0.6) is 0 Å². The average molecular weight is 178 g/mol. The lowest BCUT2D eigenvalue weighted by Crippen LogP contribution is -2.47. The van der Waals surface area contributed by atoms with Gasteiger partial charge in [0, 0.05) is 18.7 Å². The van der Waals surface area contributed by atoms with Gasteiger partial charge in [0.1, 0.15) is 0 Å². The topological polar surface area (TPSA) is 44.0 Å². The lowest BCUT2D eigenvalue weighted by Gasteiger charge is -2.33. The zero-order chi connectivity index (χ0) is 9.05. The molecule has 0 aliphatic carbocycles. The van der Waals surface area contributed by atoms with Crippen LogP contribution in [-0.2, 0) is 6.42 Å². The molecule has 2 bridgehead atoms. The lowest BCUT2D eigenvalue weighted by molar-refractivity contribution is 0.506. The van der Waals surface area contributed by atoms with Crippen molar-refractivity contribution in [2.45, 2.75) is 38.3 Å². The first-order chi connectivity index (χ1) is 6.17. The van der Waals surface area contributed by atoms with Gasteiger partial charge in [-0.3, -0.25) is 10.1 Å². The number of fused-ring (bicyclic) bond motifs is 4.